The highest BCUT2D eigenvalue weighted by Gasteiger charge is 2.28. The maximum absolute atomic E-state index is 12.0. The smallest absolute Gasteiger partial charge is 0.242 e. The molecule has 2 N–H and O–H groups in total. The van der Waals surface area contributed by atoms with Gasteiger partial charge in [-0.3, -0.25) is 0 Å². The zero-order chi connectivity index (χ0) is 13.2. The van der Waals surface area contributed by atoms with Gasteiger partial charge in [-0.25, -0.2) is 13.1 Å². The molecule has 0 atom stereocenters. The zero-order valence-corrected chi connectivity index (χ0v) is 11.8. The fourth-order valence-corrected chi connectivity index (χ4v) is 3.18. The summed E-state index contributed by atoms with van der Waals surface area (Å²) in [6.07, 6.45) is 4.65. The zero-order valence-electron chi connectivity index (χ0n) is 10.9. The lowest BCUT2D eigenvalue weighted by Crippen LogP contribution is -2.25. The molecular weight excluding hydrogens is 250 g/mol. The first-order chi connectivity index (χ1) is 8.53. The summed E-state index contributed by atoms with van der Waals surface area (Å²) < 4.78 is 28.6. The van der Waals surface area contributed by atoms with Gasteiger partial charge < -0.3 is 9.88 Å². The third-order valence-corrected chi connectivity index (χ3v) is 4.51. The fourth-order valence-electron chi connectivity index (χ4n) is 1.78. The maximum Gasteiger partial charge on any atom is 0.242 e. The minimum absolute atomic E-state index is 0.150. The predicted molar refractivity (Wildman–Crippen MR) is 70.8 cm³/mol. The number of hydrogen-bond acceptors (Lipinski definition) is 3. The lowest BCUT2D eigenvalue weighted by atomic mass is 10.4. The van der Waals surface area contributed by atoms with E-state index in [1.165, 1.54) is 0 Å². The number of aromatic nitrogens is 1. The number of sulfonamides is 1. The molecule has 0 unspecified atom stereocenters. The van der Waals surface area contributed by atoms with E-state index >= 15 is 0 Å². The van der Waals surface area contributed by atoms with Crippen LogP contribution in [0.2, 0.25) is 0 Å². The Balaban J connectivity index is 2.07. The minimum atomic E-state index is -3.33. The van der Waals surface area contributed by atoms with Crippen molar-refractivity contribution in [2.24, 2.45) is 7.05 Å². The quantitative estimate of drug-likeness (QED) is 0.726. The molecule has 0 saturated heterocycles. The van der Waals surface area contributed by atoms with Gasteiger partial charge in [0.05, 0.1) is 4.90 Å². The summed E-state index contributed by atoms with van der Waals surface area (Å²) in [6, 6.07) is 1.89. The number of aryl methyl sites for hydroxylation is 1. The van der Waals surface area contributed by atoms with E-state index < -0.39 is 10.0 Å². The van der Waals surface area contributed by atoms with E-state index in [1.807, 2.05) is 11.6 Å². The molecule has 0 radical (unpaired) electrons. The van der Waals surface area contributed by atoms with Crippen molar-refractivity contribution in [2.45, 2.75) is 43.7 Å². The number of hydrogen-bond donors (Lipinski definition) is 2. The Morgan fingerprint density at radius 1 is 1.44 bits per heavy atom. The molecule has 1 fully saturated rings. The molecule has 102 valence electrons. The van der Waals surface area contributed by atoms with Crippen LogP contribution in [0.25, 0.3) is 0 Å². The van der Waals surface area contributed by atoms with Crippen LogP contribution in [0.5, 0.6) is 0 Å². The van der Waals surface area contributed by atoms with Gasteiger partial charge in [-0.2, -0.15) is 0 Å². The highest BCUT2D eigenvalue weighted by Crippen LogP contribution is 2.22. The predicted octanol–water partition coefficient (Wildman–Crippen LogP) is 0.965. The average Bonchev–Trinajstić information content (AvgIpc) is 3.01. The van der Waals surface area contributed by atoms with Crippen LogP contribution >= 0.6 is 0 Å². The summed E-state index contributed by atoms with van der Waals surface area (Å²) in [4.78, 5) is 0.366. The lowest BCUT2D eigenvalue weighted by Gasteiger charge is -2.03. The molecule has 1 aliphatic rings. The van der Waals surface area contributed by atoms with Gasteiger partial charge in [-0.1, -0.05) is 6.92 Å². The standard InChI is InChI=1S/C12H21N3O2S/c1-3-6-13-8-11-7-12(9-15(11)2)18(16,17)14-10-4-5-10/h7,9-10,13-14H,3-6,8H2,1-2H3. The highest BCUT2D eigenvalue weighted by molar-refractivity contribution is 7.89. The van der Waals surface area contributed by atoms with Crippen molar-refractivity contribution in [3.05, 3.63) is 18.0 Å². The second-order valence-corrected chi connectivity index (χ2v) is 6.56. The van der Waals surface area contributed by atoms with Crippen molar-refractivity contribution < 1.29 is 8.42 Å². The van der Waals surface area contributed by atoms with Crippen molar-refractivity contribution >= 4 is 10.0 Å². The van der Waals surface area contributed by atoms with Crippen LogP contribution < -0.4 is 10.0 Å². The van der Waals surface area contributed by atoms with Gasteiger partial charge in [0, 0.05) is 31.5 Å². The first kappa shape index (κ1) is 13.6. The van der Waals surface area contributed by atoms with Crippen LogP contribution in [0.1, 0.15) is 31.9 Å². The first-order valence-electron chi connectivity index (χ1n) is 6.41. The van der Waals surface area contributed by atoms with Crippen molar-refractivity contribution in [3.8, 4) is 0 Å². The largest absolute Gasteiger partial charge is 0.352 e. The highest BCUT2D eigenvalue weighted by atomic mass is 32.2. The van der Waals surface area contributed by atoms with Gasteiger partial charge >= 0.3 is 0 Å². The third kappa shape index (κ3) is 3.34. The molecule has 1 heterocycles. The Hall–Kier alpha value is -0.850. The number of nitrogens with zero attached hydrogens (tertiary/aromatic N) is 1. The van der Waals surface area contributed by atoms with E-state index in [2.05, 4.69) is 17.0 Å². The molecule has 1 aromatic heterocycles. The number of nitrogens with one attached hydrogen (secondary N) is 2. The Bertz CT molecular complexity index is 503. The molecule has 6 heteroatoms. The van der Waals surface area contributed by atoms with Gasteiger partial charge in [0.1, 0.15) is 0 Å². The number of rotatable bonds is 7. The molecule has 1 aromatic rings. The normalized spacial score (nSPS) is 16.1. The van der Waals surface area contributed by atoms with Crippen molar-refractivity contribution in [1.82, 2.24) is 14.6 Å². The summed E-state index contributed by atoms with van der Waals surface area (Å²) in [5, 5.41) is 3.27. The second-order valence-electron chi connectivity index (χ2n) is 4.85. The summed E-state index contributed by atoms with van der Waals surface area (Å²) in [6.45, 7) is 3.74. The minimum Gasteiger partial charge on any atom is -0.352 e. The SMILES string of the molecule is CCCNCc1cc(S(=O)(=O)NC2CC2)cn1C. The Labute approximate surface area is 109 Å². The third-order valence-electron chi connectivity index (χ3n) is 3.03. The van der Waals surface area contributed by atoms with Gasteiger partial charge in [0.15, 0.2) is 0 Å². The second kappa shape index (κ2) is 5.42. The van der Waals surface area contributed by atoms with E-state index in [1.54, 1.807) is 12.3 Å². The topological polar surface area (TPSA) is 63.1 Å². The molecule has 0 aromatic carbocycles. The van der Waals surface area contributed by atoms with Crippen LogP contribution in [-0.4, -0.2) is 25.6 Å². The van der Waals surface area contributed by atoms with Crippen molar-refractivity contribution in [3.63, 3.8) is 0 Å². The summed E-state index contributed by atoms with van der Waals surface area (Å²) >= 11 is 0. The molecule has 5 nitrogen and oxygen atoms in total. The van der Waals surface area contributed by atoms with Crippen LogP contribution in [0.15, 0.2) is 17.2 Å². The van der Waals surface area contributed by atoms with Gasteiger partial charge in [-0.15, -0.1) is 0 Å². The molecule has 0 bridgehead atoms. The molecular formula is C12H21N3O2S. The molecule has 0 spiro atoms. The van der Waals surface area contributed by atoms with Crippen LogP contribution in [0, 0.1) is 0 Å². The van der Waals surface area contributed by atoms with E-state index in [0.29, 0.717) is 11.4 Å². The molecule has 0 aliphatic heterocycles. The van der Waals surface area contributed by atoms with Crippen LogP contribution in [-0.2, 0) is 23.6 Å². The van der Waals surface area contributed by atoms with E-state index in [0.717, 1.165) is 31.5 Å². The van der Waals surface area contributed by atoms with Gasteiger partial charge in [0.2, 0.25) is 10.0 Å². The Morgan fingerprint density at radius 3 is 2.78 bits per heavy atom. The van der Waals surface area contributed by atoms with Crippen LogP contribution in [0.4, 0.5) is 0 Å². The van der Waals surface area contributed by atoms with E-state index in [4.69, 9.17) is 0 Å². The van der Waals surface area contributed by atoms with E-state index in [9.17, 15) is 8.42 Å². The maximum atomic E-state index is 12.0. The Kier molecular flexibility index (Phi) is 4.09. The average molecular weight is 271 g/mol. The molecule has 1 saturated carbocycles. The van der Waals surface area contributed by atoms with Gasteiger partial charge in [-0.05, 0) is 31.9 Å². The van der Waals surface area contributed by atoms with Crippen molar-refractivity contribution in [1.29, 1.82) is 0 Å². The summed E-state index contributed by atoms with van der Waals surface area (Å²) in [7, 11) is -1.45. The fraction of sp³-hybridized carbons (Fsp3) is 0.667. The van der Waals surface area contributed by atoms with Crippen LogP contribution in [0.3, 0.4) is 0 Å². The first-order valence-corrected chi connectivity index (χ1v) is 7.89. The summed E-state index contributed by atoms with van der Waals surface area (Å²) in [5.74, 6) is 0. The molecule has 0 amide bonds. The summed E-state index contributed by atoms with van der Waals surface area (Å²) in [5.41, 5.74) is 0.986. The monoisotopic (exact) mass is 271 g/mol. The van der Waals surface area contributed by atoms with E-state index in [-0.39, 0.29) is 6.04 Å². The van der Waals surface area contributed by atoms with Gasteiger partial charge in [0.25, 0.3) is 0 Å². The van der Waals surface area contributed by atoms with Crippen molar-refractivity contribution in [2.75, 3.05) is 6.54 Å². The molecule has 2 rings (SSSR count). The molecule has 1 aliphatic carbocycles. The Morgan fingerprint density at radius 2 is 2.17 bits per heavy atom. The molecule has 18 heavy (non-hydrogen) atoms. The lowest BCUT2D eigenvalue weighted by molar-refractivity contribution is 0.581.